The van der Waals surface area contributed by atoms with E-state index < -0.39 is 0 Å². The van der Waals surface area contributed by atoms with Crippen LogP contribution in [-0.2, 0) is 5.41 Å². The summed E-state index contributed by atoms with van der Waals surface area (Å²) in [7, 11) is 0. The van der Waals surface area contributed by atoms with Crippen molar-refractivity contribution in [1.29, 1.82) is 0 Å². The van der Waals surface area contributed by atoms with Gasteiger partial charge in [0.25, 0.3) is 0 Å². The predicted molar refractivity (Wildman–Crippen MR) is 248 cm³/mol. The van der Waals surface area contributed by atoms with Crippen molar-refractivity contribution in [3.8, 4) is 55.6 Å². The molecule has 0 fully saturated rings. The highest BCUT2D eigenvalue weighted by molar-refractivity contribution is 6.17. The van der Waals surface area contributed by atoms with Crippen molar-refractivity contribution in [3.05, 3.63) is 223 Å². The van der Waals surface area contributed by atoms with E-state index in [2.05, 4.69) is 231 Å². The van der Waals surface area contributed by atoms with Gasteiger partial charge in [0.15, 0.2) is 0 Å². The molecule has 0 atom stereocenters. The van der Waals surface area contributed by atoms with E-state index in [4.69, 9.17) is 4.42 Å². The standard InChI is InChI=1S/C57H41NO/c1-57(2)49-27-12-9-24-47(49)54-46(26-16-28-50(54)57)45-23-10-13-29-51(45)58(43-22-15-21-42(37-43)40-33-31-39(32-34-40)38-17-5-3-6-18-38)52-36-35-44(41-19-7-4-8-20-41)56-55(52)48-25-11-14-30-53(48)59-56/h3-37H,1-2H3. The Hall–Kier alpha value is -7.42. The zero-order chi connectivity index (χ0) is 39.5. The number of hydrogen-bond acceptors (Lipinski definition) is 2. The van der Waals surface area contributed by atoms with Gasteiger partial charge in [-0.25, -0.2) is 0 Å². The minimum atomic E-state index is -0.115. The molecule has 0 aliphatic heterocycles. The number of hydrogen-bond donors (Lipinski definition) is 0. The van der Waals surface area contributed by atoms with E-state index in [1.807, 2.05) is 0 Å². The van der Waals surface area contributed by atoms with Gasteiger partial charge in [-0.1, -0.05) is 190 Å². The molecule has 0 unspecified atom stereocenters. The zero-order valence-corrected chi connectivity index (χ0v) is 33.1. The maximum absolute atomic E-state index is 6.85. The maximum Gasteiger partial charge on any atom is 0.145 e. The van der Waals surface area contributed by atoms with E-state index in [9.17, 15) is 0 Å². The maximum atomic E-state index is 6.85. The fraction of sp³-hybridized carbons (Fsp3) is 0.0526. The number of nitrogens with zero attached hydrogens (tertiary/aromatic N) is 1. The summed E-state index contributed by atoms with van der Waals surface area (Å²) in [6.07, 6.45) is 0. The fourth-order valence-corrected chi connectivity index (χ4v) is 9.44. The lowest BCUT2D eigenvalue weighted by Gasteiger charge is -2.30. The van der Waals surface area contributed by atoms with Crippen LogP contribution in [0.4, 0.5) is 17.1 Å². The number of anilines is 3. The van der Waals surface area contributed by atoms with Crippen LogP contribution in [0.5, 0.6) is 0 Å². The molecule has 1 aromatic heterocycles. The molecular formula is C57H41NO. The molecule has 11 rings (SSSR count). The SMILES string of the molecule is CC1(C)c2ccccc2-c2c(-c3ccccc3N(c3cccc(-c4ccc(-c5ccccc5)cc4)c3)c3ccc(-c4ccccc4)c4oc5ccccc5c34)cccc21. The Labute approximate surface area is 345 Å². The normalized spacial score (nSPS) is 12.7. The van der Waals surface area contributed by atoms with Crippen molar-refractivity contribution < 1.29 is 4.42 Å². The average molecular weight is 756 g/mol. The van der Waals surface area contributed by atoms with E-state index in [0.717, 1.165) is 61.3 Å². The second kappa shape index (κ2) is 13.9. The number of furan rings is 1. The zero-order valence-electron chi connectivity index (χ0n) is 33.1. The Morgan fingerprint density at radius 3 is 1.76 bits per heavy atom. The molecule has 0 N–H and O–H groups in total. The first-order valence-electron chi connectivity index (χ1n) is 20.4. The van der Waals surface area contributed by atoms with Crippen molar-refractivity contribution >= 4 is 39.0 Å². The lowest BCUT2D eigenvalue weighted by Crippen LogP contribution is -2.15. The van der Waals surface area contributed by atoms with Crippen LogP contribution in [0.1, 0.15) is 25.0 Å². The van der Waals surface area contributed by atoms with E-state index in [1.54, 1.807) is 0 Å². The van der Waals surface area contributed by atoms with Gasteiger partial charge in [-0.3, -0.25) is 0 Å². The molecular weight excluding hydrogens is 715 g/mol. The molecule has 0 amide bonds. The van der Waals surface area contributed by atoms with Crippen molar-refractivity contribution in [2.24, 2.45) is 0 Å². The summed E-state index contributed by atoms with van der Waals surface area (Å²) in [4.78, 5) is 2.46. The quantitative estimate of drug-likeness (QED) is 0.161. The third kappa shape index (κ3) is 5.71. The first-order valence-corrected chi connectivity index (χ1v) is 20.4. The lowest BCUT2D eigenvalue weighted by molar-refractivity contribution is 0.660. The average Bonchev–Trinajstić information content (AvgIpc) is 3.80. The molecule has 9 aromatic carbocycles. The van der Waals surface area contributed by atoms with Gasteiger partial charge in [0.2, 0.25) is 0 Å². The Bertz CT molecular complexity index is 3170. The van der Waals surface area contributed by atoms with Gasteiger partial charge in [-0.05, 0) is 92.0 Å². The molecule has 280 valence electrons. The summed E-state index contributed by atoms with van der Waals surface area (Å²) >= 11 is 0. The third-order valence-corrected chi connectivity index (χ3v) is 12.3. The number of rotatable bonds is 7. The van der Waals surface area contributed by atoms with Gasteiger partial charge in [0, 0.05) is 27.6 Å². The van der Waals surface area contributed by atoms with Crippen LogP contribution in [0.2, 0.25) is 0 Å². The second-order valence-electron chi connectivity index (χ2n) is 16.0. The largest absolute Gasteiger partial charge is 0.455 e. The Morgan fingerprint density at radius 2 is 0.966 bits per heavy atom. The van der Waals surface area contributed by atoms with Crippen LogP contribution in [0.3, 0.4) is 0 Å². The fourth-order valence-electron chi connectivity index (χ4n) is 9.44. The number of para-hydroxylation sites is 2. The highest BCUT2D eigenvalue weighted by Crippen LogP contribution is 2.54. The van der Waals surface area contributed by atoms with E-state index in [-0.39, 0.29) is 5.41 Å². The molecule has 1 heterocycles. The Balaban J connectivity index is 1.17. The summed E-state index contributed by atoms with van der Waals surface area (Å²) < 4.78 is 6.85. The third-order valence-electron chi connectivity index (χ3n) is 12.3. The summed E-state index contributed by atoms with van der Waals surface area (Å²) in [5.74, 6) is 0. The topological polar surface area (TPSA) is 16.4 Å². The lowest BCUT2D eigenvalue weighted by atomic mass is 9.82. The van der Waals surface area contributed by atoms with Gasteiger partial charge < -0.3 is 9.32 Å². The molecule has 0 radical (unpaired) electrons. The second-order valence-corrected chi connectivity index (χ2v) is 16.0. The van der Waals surface area contributed by atoms with Crippen molar-refractivity contribution in [2.45, 2.75) is 19.3 Å². The van der Waals surface area contributed by atoms with Crippen LogP contribution in [0.15, 0.2) is 217 Å². The van der Waals surface area contributed by atoms with E-state index >= 15 is 0 Å². The van der Waals surface area contributed by atoms with Crippen LogP contribution in [0, 0.1) is 0 Å². The van der Waals surface area contributed by atoms with Crippen molar-refractivity contribution in [1.82, 2.24) is 0 Å². The highest BCUT2D eigenvalue weighted by Gasteiger charge is 2.37. The molecule has 0 saturated heterocycles. The highest BCUT2D eigenvalue weighted by atomic mass is 16.3. The number of benzene rings is 9. The minimum absolute atomic E-state index is 0.115. The van der Waals surface area contributed by atoms with Gasteiger partial charge >= 0.3 is 0 Å². The molecule has 2 heteroatoms. The molecule has 0 saturated carbocycles. The molecule has 10 aromatic rings. The summed E-state index contributed by atoms with van der Waals surface area (Å²) in [5.41, 5.74) is 19.5. The van der Waals surface area contributed by atoms with Gasteiger partial charge in [0.1, 0.15) is 11.2 Å². The first-order chi connectivity index (χ1) is 29.0. The van der Waals surface area contributed by atoms with Crippen molar-refractivity contribution in [3.63, 3.8) is 0 Å². The molecule has 0 spiro atoms. The smallest absolute Gasteiger partial charge is 0.145 e. The number of fused-ring (bicyclic) bond motifs is 6. The predicted octanol–water partition coefficient (Wildman–Crippen LogP) is 16.0. The van der Waals surface area contributed by atoms with Gasteiger partial charge in [-0.2, -0.15) is 0 Å². The van der Waals surface area contributed by atoms with E-state index in [0.29, 0.717) is 0 Å². The summed E-state index contributed by atoms with van der Waals surface area (Å²) in [6, 6.07) is 76.7. The minimum Gasteiger partial charge on any atom is -0.455 e. The molecule has 0 bridgehead atoms. The van der Waals surface area contributed by atoms with Crippen molar-refractivity contribution in [2.75, 3.05) is 4.90 Å². The summed E-state index contributed by atoms with van der Waals surface area (Å²) in [6.45, 7) is 4.71. The van der Waals surface area contributed by atoms with Crippen LogP contribution >= 0.6 is 0 Å². The van der Waals surface area contributed by atoms with Crippen LogP contribution < -0.4 is 4.90 Å². The monoisotopic (exact) mass is 755 g/mol. The molecule has 2 nitrogen and oxygen atoms in total. The molecule has 59 heavy (non-hydrogen) atoms. The molecule has 1 aliphatic rings. The first kappa shape index (κ1) is 34.8. The Kier molecular flexibility index (Phi) is 8.20. The van der Waals surface area contributed by atoms with E-state index in [1.165, 1.54) is 44.5 Å². The van der Waals surface area contributed by atoms with Crippen LogP contribution in [0.25, 0.3) is 77.6 Å². The van der Waals surface area contributed by atoms with Crippen LogP contribution in [-0.4, -0.2) is 0 Å². The Morgan fingerprint density at radius 1 is 0.390 bits per heavy atom. The van der Waals surface area contributed by atoms with Gasteiger partial charge in [0.05, 0.1) is 16.8 Å². The molecule has 1 aliphatic carbocycles. The summed E-state index contributed by atoms with van der Waals surface area (Å²) in [5, 5.41) is 2.17. The van der Waals surface area contributed by atoms with Gasteiger partial charge in [-0.15, -0.1) is 0 Å².